The van der Waals surface area contributed by atoms with E-state index in [4.69, 9.17) is 4.74 Å². The van der Waals surface area contributed by atoms with Crippen molar-refractivity contribution < 1.29 is 9.53 Å². The number of ether oxygens (including phenoxy) is 1. The standard InChI is InChI=1S/C26H26N6O2/c1-27-25-21-15-28-24(31-26(33)18-7-8-18)13-20(21)19(14-29-25)6-4-17-5-9-22-23(12-17)32(16-30-22)10-3-11-34-2/h5,9,12-16,18H,3,7-8,10-11H2,1-2H3,(H,27,29)(H,28,31,33). The maximum Gasteiger partial charge on any atom is 0.228 e. The fourth-order valence-corrected chi connectivity index (χ4v) is 3.91. The SMILES string of the molecule is CNc1ncc(C#Cc2ccc3ncn(CCCOC)c3c2)c2cc(NC(=O)C3CC3)ncc12. The molecule has 34 heavy (non-hydrogen) atoms. The van der Waals surface area contributed by atoms with Crippen LogP contribution in [0.1, 0.15) is 30.4 Å². The average Bonchev–Trinajstić information content (AvgIpc) is 3.64. The van der Waals surface area contributed by atoms with E-state index >= 15 is 0 Å². The first kappa shape index (κ1) is 21.9. The predicted molar refractivity (Wildman–Crippen MR) is 133 cm³/mol. The van der Waals surface area contributed by atoms with Crippen molar-refractivity contribution in [3.05, 3.63) is 54.1 Å². The summed E-state index contributed by atoms with van der Waals surface area (Å²) in [6.07, 6.45) is 8.14. The molecule has 0 unspecified atom stereocenters. The number of benzene rings is 1. The van der Waals surface area contributed by atoms with Crippen molar-refractivity contribution in [2.45, 2.75) is 25.8 Å². The number of anilines is 2. The van der Waals surface area contributed by atoms with Gasteiger partial charge in [-0.05, 0) is 43.5 Å². The Morgan fingerprint density at radius 3 is 2.82 bits per heavy atom. The molecule has 1 fully saturated rings. The molecule has 1 aliphatic rings. The van der Waals surface area contributed by atoms with E-state index in [1.54, 1.807) is 19.5 Å². The number of carbonyl (C=O) groups excluding carboxylic acids is 1. The second kappa shape index (κ2) is 9.49. The number of methoxy groups -OCH3 is 1. The molecule has 3 heterocycles. The highest BCUT2D eigenvalue weighted by atomic mass is 16.5. The van der Waals surface area contributed by atoms with Gasteiger partial charge in [-0.1, -0.05) is 11.8 Å². The number of imidazole rings is 1. The van der Waals surface area contributed by atoms with Gasteiger partial charge < -0.3 is 19.9 Å². The fraction of sp³-hybridized carbons (Fsp3) is 0.308. The van der Waals surface area contributed by atoms with Gasteiger partial charge in [0.25, 0.3) is 0 Å². The largest absolute Gasteiger partial charge is 0.385 e. The van der Waals surface area contributed by atoms with Crippen LogP contribution in [0.3, 0.4) is 0 Å². The fourth-order valence-electron chi connectivity index (χ4n) is 3.91. The molecule has 8 nitrogen and oxygen atoms in total. The summed E-state index contributed by atoms with van der Waals surface area (Å²) in [5.41, 5.74) is 3.65. The minimum atomic E-state index is 0.0257. The Hall–Kier alpha value is -3.96. The minimum absolute atomic E-state index is 0.0257. The van der Waals surface area contributed by atoms with E-state index in [0.29, 0.717) is 12.4 Å². The van der Waals surface area contributed by atoms with Crippen LogP contribution in [0.2, 0.25) is 0 Å². The van der Waals surface area contributed by atoms with Gasteiger partial charge in [0.15, 0.2) is 0 Å². The maximum atomic E-state index is 12.2. The van der Waals surface area contributed by atoms with E-state index in [2.05, 4.69) is 48.1 Å². The van der Waals surface area contributed by atoms with E-state index in [-0.39, 0.29) is 11.8 Å². The van der Waals surface area contributed by atoms with Gasteiger partial charge in [-0.25, -0.2) is 15.0 Å². The van der Waals surface area contributed by atoms with Gasteiger partial charge in [0, 0.05) is 62.0 Å². The van der Waals surface area contributed by atoms with Gasteiger partial charge in [0.05, 0.1) is 22.9 Å². The lowest BCUT2D eigenvalue weighted by Gasteiger charge is -2.09. The van der Waals surface area contributed by atoms with E-state index < -0.39 is 0 Å². The molecule has 172 valence electrons. The molecule has 3 aromatic heterocycles. The zero-order chi connectivity index (χ0) is 23.5. The number of carbonyl (C=O) groups is 1. The molecule has 1 amide bonds. The second-order valence-corrected chi connectivity index (χ2v) is 8.39. The van der Waals surface area contributed by atoms with Gasteiger partial charge in [-0.3, -0.25) is 4.79 Å². The van der Waals surface area contributed by atoms with E-state index in [9.17, 15) is 4.79 Å². The highest BCUT2D eigenvalue weighted by Crippen LogP contribution is 2.31. The molecule has 2 N–H and O–H groups in total. The van der Waals surface area contributed by atoms with Gasteiger partial charge in [0.1, 0.15) is 11.6 Å². The van der Waals surface area contributed by atoms with Gasteiger partial charge >= 0.3 is 0 Å². The normalized spacial score (nSPS) is 13.0. The Kier molecular flexibility index (Phi) is 6.11. The van der Waals surface area contributed by atoms with Gasteiger partial charge in [-0.15, -0.1) is 0 Å². The van der Waals surface area contributed by atoms with Crippen LogP contribution in [0.4, 0.5) is 11.6 Å². The van der Waals surface area contributed by atoms with Crippen LogP contribution in [-0.4, -0.2) is 46.2 Å². The smallest absolute Gasteiger partial charge is 0.228 e. The Bertz CT molecular complexity index is 1430. The third-order valence-electron chi connectivity index (χ3n) is 5.92. The van der Waals surface area contributed by atoms with E-state index in [0.717, 1.165) is 64.6 Å². The summed E-state index contributed by atoms with van der Waals surface area (Å²) in [5, 5.41) is 7.76. The van der Waals surface area contributed by atoms with Crippen LogP contribution < -0.4 is 10.6 Å². The summed E-state index contributed by atoms with van der Waals surface area (Å²) in [4.78, 5) is 25.6. The van der Waals surface area contributed by atoms with Crippen LogP contribution >= 0.6 is 0 Å². The maximum absolute atomic E-state index is 12.2. The van der Waals surface area contributed by atoms with E-state index in [1.807, 2.05) is 31.6 Å². The number of aromatic nitrogens is 4. The zero-order valence-corrected chi connectivity index (χ0v) is 19.3. The quantitative estimate of drug-likeness (QED) is 0.326. The zero-order valence-electron chi connectivity index (χ0n) is 19.3. The van der Waals surface area contributed by atoms with Crippen LogP contribution in [0.5, 0.6) is 0 Å². The van der Waals surface area contributed by atoms with Crippen LogP contribution in [0.25, 0.3) is 21.8 Å². The molecule has 1 aromatic carbocycles. The molecule has 1 saturated carbocycles. The van der Waals surface area contributed by atoms with Crippen molar-refractivity contribution in [2.75, 3.05) is 31.4 Å². The average molecular weight is 455 g/mol. The number of hydrogen-bond acceptors (Lipinski definition) is 6. The Balaban J connectivity index is 1.48. The molecule has 0 spiro atoms. The molecule has 0 atom stereocenters. The minimum Gasteiger partial charge on any atom is -0.385 e. The summed E-state index contributed by atoms with van der Waals surface area (Å²) >= 11 is 0. The molecule has 8 heteroatoms. The summed E-state index contributed by atoms with van der Waals surface area (Å²) in [5.74, 6) is 7.92. The number of fused-ring (bicyclic) bond motifs is 2. The van der Waals surface area contributed by atoms with E-state index in [1.165, 1.54) is 0 Å². The summed E-state index contributed by atoms with van der Waals surface area (Å²) < 4.78 is 7.29. The number of rotatable bonds is 7. The number of aryl methyl sites for hydroxylation is 1. The highest BCUT2D eigenvalue weighted by molar-refractivity contribution is 5.99. The van der Waals surface area contributed by atoms with Crippen molar-refractivity contribution in [1.82, 2.24) is 19.5 Å². The molecular formula is C26H26N6O2. The first-order valence-corrected chi connectivity index (χ1v) is 11.4. The van der Waals surface area contributed by atoms with Gasteiger partial charge in [0.2, 0.25) is 5.91 Å². The third-order valence-corrected chi connectivity index (χ3v) is 5.92. The van der Waals surface area contributed by atoms with Crippen LogP contribution in [0.15, 0.2) is 43.0 Å². The van der Waals surface area contributed by atoms with Gasteiger partial charge in [-0.2, -0.15) is 0 Å². The number of hydrogen-bond donors (Lipinski definition) is 2. The number of amides is 1. The first-order chi connectivity index (χ1) is 16.7. The third kappa shape index (κ3) is 4.56. The molecule has 0 saturated heterocycles. The molecular weight excluding hydrogens is 428 g/mol. The topological polar surface area (TPSA) is 94.0 Å². The molecule has 1 aliphatic carbocycles. The molecule has 4 aromatic rings. The van der Waals surface area contributed by atoms with Crippen LogP contribution in [-0.2, 0) is 16.1 Å². The predicted octanol–water partition coefficient (Wildman–Crippen LogP) is 3.81. The highest BCUT2D eigenvalue weighted by Gasteiger charge is 2.29. The lowest BCUT2D eigenvalue weighted by Crippen LogP contribution is -2.14. The second-order valence-electron chi connectivity index (χ2n) is 8.39. The lowest BCUT2D eigenvalue weighted by molar-refractivity contribution is -0.117. The first-order valence-electron chi connectivity index (χ1n) is 11.4. The van der Waals surface area contributed by atoms with Crippen molar-refractivity contribution in [2.24, 2.45) is 5.92 Å². The number of nitrogens with one attached hydrogen (secondary N) is 2. The number of nitrogens with zero attached hydrogens (tertiary/aromatic N) is 4. The summed E-state index contributed by atoms with van der Waals surface area (Å²) in [6, 6.07) is 7.89. The summed E-state index contributed by atoms with van der Waals surface area (Å²) in [6.45, 7) is 1.55. The Labute approximate surface area is 197 Å². The molecule has 0 bridgehead atoms. The molecule has 0 radical (unpaired) electrons. The van der Waals surface area contributed by atoms with Crippen LogP contribution in [0, 0.1) is 17.8 Å². The molecule has 5 rings (SSSR count). The monoisotopic (exact) mass is 454 g/mol. The lowest BCUT2D eigenvalue weighted by atomic mass is 10.1. The van der Waals surface area contributed by atoms with Crippen molar-refractivity contribution >= 4 is 39.3 Å². The summed E-state index contributed by atoms with van der Waals surface area (Å²) in [7, 11) is 3.53. The number of pyridine rings is 2. The van der Waals surface area contributed by atoms with Crippen molar-refractivity contribution in [3.63, 3.8) is 0 Å². The Morgan fingerprint density at radius 2 is 2.03 bits per heavy atom. The van der Waals surface area contributed by atoms with Crippen molar-refractivity contribution in [1.29, 1.82) is 0 Å². The van der Waals surface area contributed by atoms with Crippen molar-refractivity contribution in [3.8, 4) is 11.8 Å². The Morgan fingerprint density at radius 1 is 1.15 bits per heavy atom. The molecule has 0 aliphatic heterocycles.